The predicted octanol–water partition coefficient (Wildman–Crippen LogP) is 1.97. The van der Waals surface area contributed by atoms with E-state index in [4.69, 9.17) is 0 Å². The Morgan fingerprint density at radius 2 is 2.07 bits per heavy atom. The first-order chi connectivity index (χ1) is 6.52. The normalized spacial score (nSPS) is 20.4. The van der Waals surface area contributed by atoms with E-state index in [9.17, 15) is 4.79 Å². The molecule has 0 radical (unpaired) electrons. The lowest BCUT2D eigenvalue weighted by atomic mass is 10.1. The highest BCUT2D eigenvalue weighted by atomic mass is 16.2. The van der Waals surface area contributed by atoms with Crippen LogP contribution in [0.2, 0.25) is 0 Å². The molecule has 0 aromatic heterocycles. The van der Waals surface area contributed by atoms with E-state index in [1.165, 1.54) is 5.01 Å². The summed E-state index contributed by atoms with van der Waals surface area (Å²) in [5.74, 6) is 0.467. The van der Waals surface area contributed by atoms with Crippen molar-refractivity contribution in [3.8, 4) is 0 Å². The molecular formula is C11H16N2O. The van der Waals surface area contributed by atoms with Gasteiger partial charge in [-0.2, -0.15) is 5.10 Å². The van der Waals surface area contributed by atoms with Crippen LogP contribution in [0.1, 0.15) is 20.8 Å². The Labute approximate surface area is 84.8 Å². The zero-order valence-corrected chi connectivity index (χ0v) is 9.11. The van der Waals surface area contributed by atoms with Gasteiger partial charge in [0.15, 0.2) is 0 Å². The molecule has 0 fully saturated rings. The first-order valence-electron chi connectivity index (χ1n) is 4.74. The Balaban J connectivity index is 2.79. The van der Waals surface area contributed by atoms with Gasteiger partial charge >= 0.3 is 0 Å². The second-order valence-electron chi connectivity index (χ2n) is 3.72. The van der Waals surface area contributed by atoms with Gasteiger partial charge in [-0.05, 0) is 18.9 Å². The summed E-state index contributed by atoms with van der Waals surface area (Å²) in [5, 5.41) is 5.41. The Kier molecular flexibility index (Phi) is 3.23. The van der Waals surface area contributed by atoms with Crippen molar-refractivity contribution in [1.29, 1.82) is 0 Å². The lowest BCUT2D eigenvalue weighted by molar-refractivity contribution is -0.124. The van der Waals surface area contributed by atoms with Crippen molar-refractivity contribution in [1.82, 2.24) is 5.01 Å². The molecule has 0 saturated heterocycles. The number of carbonyl (C=O) groups is 1. The quantitative estimate of drug-likeness (QED) is 0.616. The largest absolute Gasteiger partial charge is 0.275 e. The highest BCUT2D eigenvalue weighted by molar-refractivity contribution is 6.23. The number of hydrazone groups is 1. The highest BCUT2D eigenvalue weighted by Gasteiger charge is 2.23. The van der Waals surface area contributed by atoms with Crippen molar-refractivity contribution >= 4 is 11.6 Å². The van der Waals surface area contributed by atoms with E-state index < -0.39 is 0 Å². The number of hydrogen-bond donors (Lipinski definition) is 0. The van der Waals surface area contributed by atoms with Crippen LogP contribution in [0.3, 0.4) is 0 Å². The molecule has 0 unspecified atom stereocenters. The first-order valence-corrected chi connectivity index (χ1v) is 4.74. The van der Waals surface area contributed by atoms with Crippen molar-refractivity contribution in [3.05, 3.63) is 23.8 Å². The molecule has 0 bridgehead atoms. The van der Waals surface area contributed by atoms with Crippen molar-refractivity contribution in [2.45, 2.75) is 20.8 Å². The first kappa shape index (κ1) is 10.7. The maximum Gasteiger partial charge on any atom is 0.275 e. The molecule has 1 aliphatic rings. The molecule has 3 heteroatoms. The lowest BCUT2D eigenvalue weighted by Crippen LogP contribution is -2.16. The molecule has 0 saturated carbocycles. The average Bonchev–Trinajstić information content (AvgIpc) is 2.31. The number of hydrogen-bond acceptors (Lipinski definition) is 2. The molecule has 0 aliphatic carbocycles. The van der Waals surface area contributed by atoms with Crippen LogP contribution in [0.15, 0.2) is 28.9 Å². The SMILES string of the molecule is CC1=NN(C)C(=O)/C1=C\C=C\C(C)C. The average molecular weight is 192 g/mol. The van der Waals surface area contributed by atoms with Gasteiger partial charge in [0.2, 0.25) is 0 Å². The summed E-state index contributed by atoms with van der Waals surface area (Å²) in [6.07, 6.45) is 5.78. The molecule has 0 aromatic carbocycles. The van der Waals surface area contributed by atoms with Gasteiger partial charge in [-0.3, -0.25) is 4.79 Å². The summed E-state index contributed by atoms with van der Waals surface area (Å²) in [7, 11) is 1.67. The summed E-state index contributed by atoms with van der Waals surface area (Å²) in [6, 6.07) is 0. The fraction of sp³-hybridized carbons (Fsp3) is 0.455. The molecule has 1 rings (SSSR count). The van der Waals surface area contributed by atoms with Crippen LogP contribution in [-0.4, -0.2) is 23.7 Å². The van der Waals surface area contributed by atoms with Crippen LogP contribution in [0.5, 0.6) is 0 Å². The van der Waals surface area contributed by atoms with E-state index in [1.807, 2.05) is 25.2 Å². The summed E-state index contributed by atoms with van der Waals surface area (Å²) in [6.45, 7) is 6.04. The third-order valence-corrected chi connectivity index (χ3v) is 1.97. The topological polar surface area (TPSA) is 32.7 Å². The standard InChI is InChI=1S/C11H16N2O/c1-8(2)6-5-7-10-9(3)12-13(4)11(10)14/h5-8H,1-4H3/b6-5+,10-7-. The summed E-state index contributed by atoms with van der Waals surface area (Å²) in [4.78, 5) is 11.5. The van der Waals surface area contributed by atoms with E-state index in [2.05, 4.69) is 18.9 Å². The molecule has 76 valence electrons. The fourth-order valence-corrected chi connectivity index (χ4v) is 1.22. The maximum absolute atomic E-state index is 11.5. The smallest absolute Gasteiger partial charge is 0.267 e. The number of rotatable bonds is 2. The van der Waals surface area contributed by atoms with Crippen molar-refractivity contribution < 1.29 is 4.79 Å². The number of amides is 1. The van der Waals surface area contributed by atoms with Crippen LogP contribution in [0.4, 0.5) is 0 Å². The zero-order chi connectivity index (χ0) is 10.7. The highest BCUT2D eigenvalue weighted by Crippen LogP contribution is 2.12. The van der Waals surface area contributed by atoms with Crippen LogP contribution in [-0.2, 0) is 4.79 Å². The van der Waals surface area contributed by atoms with Crippen molar-refractivity contribution in [2.24, 2.45) is 11.0 Å². The second-order valence-corrected chi connectivity index (χ2v) is 3.72. The van der Waals surface area contributed by atoms with Crippen LogP contribution < -0.4 is 0 Å². The number of carbonyl (C=O) groups excluding carboxylic acids is 1. The van der Waals surface area contributed by atoms with Gasteiger partial charge in [0.25, 0.3) is 5.91 Å². The van der Waals surface area contributed by atoms with Gasteiger partial charge in [-0.25, -0.2) is 5.01 Å². The zero-order valence-electron chi connectivity index (χ0n) is 9.11. The molecule has 1 amide bonds. The number of allylic oxidation sites excluding steroid dienone is 3. The molecule has 1 heterocycles. The summed E-state index contributed by atoms with van der Waals surface area (Å²) < 4.78 is 0. The lowest BCUT2D eigenvalue weighted by Gasteiger charge is -2.00. The number of likely N-dealkylation sites (N-methyl/N-ethyl adjacent to an activating group) is 1. The van der Waals surface area contributed by atoms with E-state index in [-0.39, 0.29) is 5.91 Å². The minimum absolute atomic E-state index is 0.0316. The fourth-order valence-electron chi connectivity index (χ4n) is 1.22. The third kappa shape index (κ3) is 2.31. The predicted molar refractivity (Wildman–Crippen MR) is 57.9 cm³/mol. The molecule has 1 aliphatic heterocycles. The Morgan fingerprint density at radius 3 is 2.50 bits per heavy atom. The van der Waals surface area contributed by atoms with Crippen molar-refractivity contribution in [2.75, 3.05) is 7.05 Å². The van der Waals surface area contributed by atoms with E-state index in [1.54, 1.807) is 7.05 Å². The van der Waals surface area contributed by atoms with Gasteiger partial charge in [0.05, 0.1) is 11.3 Å². The molecule has 0 atom stereocenters. The van der Waals surface area contributed by atoms with Gasteiger partial charge in [-0.15, -0.1) is 0 Å². The maximum atomic E-state index is 11.5. The van der Waals surface area contributed by atoms with Gasteiger partial charge in [0.1, 0.15) is 0 Å². The minimum Gasteiger partial charge on any atom is -0.267 e. The summed E-state index contributed by atoms with van der Waals surface area (Å²) >= 11 is 0. The molecular weight excluding hydrogens is 176 g/mol. The van der Waals surface area contributed by atoms with Gasteiger partial charge in [0, 0.05) is 7.05 Å². The minimum atomic E-state index is -0.0316. The van der Waals surface area contributed by atoms with Gasteiger partial charge < -0.3 is 0 Å². The molecule has 0 N–H and O–H groups in total. The summed E-state index contributed by atoms with van der Waals surface area (Å²) in [5.41, 5.74) is 1.47. The Bertz CT molecular complexity index is 324. The third-order valence-electron chi connectivity index (χ3n) is 1.97. The van der Waals surface area contributed by atoms with E-state index in [0.717, 1.165) is 5.71 Å². The second kappa shape index (κ2) is 4.22. The van der Waals surface area contributed by atoms with Gasteiger partial charge in [-0.1, -0.05) is 26.0 Å². The van der Waals surface area contributed by atoms with Crippen LogP contribution in [0, 0.1) is 5.92 Å². The van der Waals surface area contributed by atoms with Crippen molar-refractivity contribution in [3.63, 3.8) is 0 Å². The van der Waals surface area contributed by atoms with E-state index >= 15 is 0 Å². The van der Waals surface area contributed by atoms with Crippen LogP contribution in [0.25, 0.3) is 0 Å². The number of nitrogens with zero attached hydrogens (tertiary/aromatic N) is 2. The Hall–Kier alpha value is -1.38. The molecule has 0 spiro atoms. The van der Waals surface area contributed by atoms with Crippen LogP contribution >= 0.6 is 0 Å². The van der Waals surface area contributed by atoms with E-state index in [0.29, 0.717) is 11.5 Å². The molecule has 3 nitrogen and oxygen atoms in total. The monoisotopic (exact) mass is 192 g/mol. The molecule has 14 heavy (non-hydrogen) atoms. The molecule has 0 aromatic rings. The Morgan fingerprint density at radius 1 is 1.43 bits per heavy atom.